The Bertz CT molecular complexity index is 193. The van der Waals surface area contributed by atoms with E-state index in [2.05, 4.69) is 19.2 Å². The number of nitrogens with one attached hydrogen (secondary N) is 1. The molecule has 0 saturated carbocycles. The van der Waals surface area contributed by atoms with Crippen LogP contribution >= 0.6 is 0 Å². The Kier molecular flexibility index (Phi) is 9.46. The molecule has 1 N–H and O–H groups in total. The van der Waals surface area contributed by atoms with Crippen LogP contribution in [0, 0.1) is 5.92 Å². The van der Waals surface area contributed by atoms with Crippen LogP contribution in [-0.4, -0.2) is 44.3 Å². The maximum atomic E-state index is 12.0. The first-order valence-electron chi connectivity index (χ1n) is 6.77. The maximum absolute atomic E-state index is 12.0. The summed E-state index contributed by atoms with van der Waals surface area (Å²) in [5.41, 5.74) is 0. The smallest absolute Gasteiger partial charge is 0.316 e. The highest BCUT2D eigenvalue weighted by Gasteiger charge is 2.26. The van der Waals surface area contributed by atoms with E-state index in [1.54, 1.807) is 11.9 Å². The fraction of sp³-hybridized carbons (Fsp3) is 1.00. The minimum atomic E-state index is -4.03. The molecule has 0 amide bonds. The summed E-state index contributed by atoms with van der Waals surface area (Å²) < 4.78 is 35.9. The molecule has 0 spiro atoms. The van der Waals surface area contributed by atoms with E-state index in [0.717, 1.165) is 38.9 Å². The number of halogens is 3. The van der Waals surface area contributed by atoms with Crippen LogP contribution in [0.25, 0.3) is 0 Å². The van der Waals surface area contributed by atoms with Crippen molar-refractivity contribution in [1.82, 2.24) is 10.2 Å². The molecule has 0 heterocycles. The molecule has 0 aliphatic carbocycles. The molecular formula is C13H27F3N2. The predicted octanol–water partition coefficient (Wildman–Crippen LogP) is 3.29. The average molecular weight is 268 g/mol. The third-order valence-corrected chi connectivity index (χ3v) is 2.72. The minimum absolute atomic E-state index is 0.106. The number of hydrogen-bond donors (Lipinski definition) is 1. The highest BCUT2D eigenvalue weighted by Crippen LogP contribution is 2.19. The molecule has 0 aromatic rings. The van der Waals surface area contributed by atoms with Gasteiger partial charge >= 0.3 is 6.18 Å². The van der Waals surface area contributed by atoms with E-state index < -0.39 is 12.6 Å². The lowest BCUT2D eigenvalue weighted by Crippen LogP contribution is -2.25. The van der Waals surface area contributed by atoms with Gasteiger partial charge in [0, 0.05) is 6.54 Å². The Balaban J connectivity index is 3.28. The van der Waals surface area contributed by atoms with Crippen LogP contribution in [0.2, 0.25) is 0 Å². The molecule has 0 bridgehead atoms. The van der Waals surface area contributed by atoms with Crippen LogP contribution in [0.3, 0.4) is 0 Å². The molecule has 2 nitrogen and oxygen atoms in total. The van der Waals surface area contributed by atoms with Crippen molar-refractivity contribution in [2.75, 3.05) is 33.2 Å². The van der Waals surface area contributed by atoms with E-state index in [-0.39, 0.29) is 6.54 Å². The molecule has 0 atom stereocenters. The van der Waals surface area contributed by atoms with Gasteiger partial charge in [-0.15, -0.1) is 0 Å². The summed E-state index contributed by atoms with van der Waals surface area (Å²) in [5.74, 6) is 0.665. The number of rotatable bonds is 10. The van der Waals surface area contributed by atoms with Gasteiger partial charge in [-0.1, -0.05) is 20.3 Å². The lowest BCUT2D eigenvalue weighted by Gasteiger charge is -2.17. The molecule has 5 heteroatoms. The predicted molar refractivity (Wildman–Crippen MR) is 69.7 cm³/mol. The second kappa shape index (κ2) is 9.62. The zero-order valence-electron chi connectivity index (χ0n) is 11.8. The second-order valence-corrected chi connectivity index (χ2v) is 5.33. The third-order valence-electron chi connectivity index (χ3n) is 2.72. The second-order valence-electron chi connectivity index (χ2n) is 5.33. The average Bonchev–Trinajstić information content (AvgIpc) is 2.23. The molecule has 0 saturated heterocycles. The summed E-state index contributed by atoms with van der Waals surface area (Å²) in [4.78, 5) is 1.76. The molecule has 110 valence electrons. The van der Waals surface area contributed by atoms with Crippen molar-refractivity contribution in [3.63, 3.8) is 0 Å². The Labute approximate surface area is 109 Å². The molecule has 0 aromatic carbocycles. The van der Waals surface area contributed by atoms with Crippen molar-refractivity contribution in [1.29, 1.82) is 0 Å². The van der Waals surface area contributed by atoms with E-state index in [0.29, 0.717) is 5.92 Å². The highest BCUT2D eigenvalue weighted by atomic mass is 19.4. The lowest BCUT2D eigenvalue weighted by molar-refractivity contribution is -0.137. The molecule has 0 aliphatic heterocycles. The van der Waals surface area contributed by atoms with Crippen molar-refractivity contribution in [3.05, 3.63) is 0 Å². The van der Waals surface area contributed by atoms with Crippen LogP contribution in [-0.2, 0) is 0 Å². The Hall–Kier alpha value is -0.290. The van der Waals surface area contributed by atoms with Gasteiger partial charge in [-0.3, -0.25) is 0 Å². The van der Waals surface area contributed by atoms with Gasteiger partial charge < -0.3 is 10.2 Å². The van der Waals surface area contributed by atoms with E-state index in [4.69, 9.17) is 0 Å². The van der Waals surface area contributed by atoms with Crippen molar-refractivity contribution < 1.29 is 13.2 Å². The van der Waals surface area contributed by atoms with Crippen LogP contribution in [0.5, 0.6) is 0 Å². The molecule has 0 unspecified atom stereocenters. The molecular weight excluding hydrogens is 241 g/mol. The first-order chi connectivity index (χ1) is 8.31. The summed E-state index contributed by atoms with van der Waals surface area (Å²) in [6.07, 6.45) is -1.60. The molecule has 0 aliphatic rings. The third kappa shape index (κ3) is 13.8. The highest BCUT2D eigenvalue weighted by molar-refractivity contribution is 4.58. The van der Waals surface area contributed by atoms with Gasteiger partial charge in [-0.05, 0) is 45.4 Å². The molecule has 0 fully saturated rings. The first kappa shape index (κ1) is 17.7. The van der Waals surface area contributed by atoms with Gasteiger partial charge in [0.05, 0.1) is 6.42 Å². The fourth-order valence-corrected chi connectivity index (χ4v) is 1.63. The topological polar surface area (TPSA) is 15.3 Å². The van der Waals surface area contributed by atoms with Crippen LogP contribution < -0.4 is 5.32 Å². The van der Waals surface area contributed by atoms with Crippen molar-refractivity contribution in [3.8, 4) is 0 Å². The quantitative estimate of drug-likeness (QED) is 0.612. The first-order valence-corrected chi connectivity index (χ1v) is 6.77. The van der Waals surface area contributed by atoms with Crippen molar-refractivity contribution >= 4 is 0 Å². The number of alkyl halides is 3. The minimum Gasteiger partial charge on any atom is -0.316 e. The Morgan fingerprint density at radius 1 is 1.06 bits per heavy atom. The van der Waals surface area contributed by atoms with Crippen LogP contribution in [0.1, 0.15) is 39.5 Å². The molecule has 18 heavy (non-hydrogen) atoms. The zero-order chi connectivity index (χ0) is 14.0. The van der Waals surface area contributed by atoms with Crippen molar-refractivity contribution in [2.45, 2.75) is 45.7 Å². The SMILES string of the molecule is CC(C)CNCCCCCN(C)CCC(F)(F)F. The lowest BCUT2D eigenvalue weighted by atomic mass is 10.2. The Morgan fingerprint density at radius 3 is 2.28 bits per heavy atom. The van der Waals surface area contributed by atoms with E-state index in [9.17, 15) is 13.2 Å². The standard InChI is InChI=1S/C13H27F3N2/c1-12(2)11-17-8-5-4-6-9-18(3)10-7-13(14,15)16/h12,17H,4-11H2,1-3H3. The normalized spacial score (nSPS) is 12.7. The van der Waals surface area contributed by atoms with E-state index in [1.807, 2.05) is 0 Å². The number of unbranched alkanes of at least 4 members (excludes halogenated alkanes) is 2. The van der Waals surface area contributed by atoms with Gasteiger partial charge in [0.2, 0.25) is 0 Å². The van der Waals surface area contributed by atoms with Gasteiger partial charge in [-0.2, -0.15) is 13.2 Å². The zero-order valence-corrected chi connectivity index (χ0v) is 11.8. The molecule has 0 radical (unpaired) electrons. The summed E-state index contributed by atoms with van der Waals surface area (Å²) in [6.45, 7) is 7.23. The largest absolute Gasteiger partial charge is 0.390 e. The number of hydrogen-bond acceptors (Lipinski definition) is 2. The van der Waals surface area contributed by atoms with Crippen LogP contribution in [0.4, 0.5) is 13.2 Å². The Morgan fingerprint density at radius 2 is 1.72 bits per heavy atom. The van der Waals surface area contributed by atoms with Crippen molar-refractivity contribution in [2.24, 2.45) is 5.92 Å². The van der Waals surface area contributed by atoms with Gasteiger partial charge in [0.25, 0.3) is 0 Å². The number of nitrogens with zero attached hydrogens (tertiary/aromatic N) is 1. The summed E-state index contributed by atoms with van der Waals surface area (Å²) in [5, 5.41) is 3.36. The van der Waals surface area contributed by atoms with E-state index >= 15 is 0 Å². The molecule has 0 rings (SSSR count). The summed E-state index contributed by atoms with van der Waals surface area (Å²) in [6, 6.07) is 0. The molecule has 0 aromatic heterocycles. The maximum Gasteiger partial charge on any atom is 0.390 e. The summed E-state index contributed by atoms with van der Waals surface area (Å²) >= 11 is 0. The fourth-order valence-electron chi connectivity index (χ4n) is 1.63. The summed E-state index contributed by atoms with van der Waals surface area (Å²) in [7, 11) is 1.75. The van der Waals surface area contributed by atoms with E-state index in [1.165, 1.54) is 0 Å². The van der Waals surface area contributed by atoms with Crippen LogP contribution in [0.15, 0.2) is 0 Å². The van der Waals surface area contributed by atoms with Gasteiger partial charge in [-0.25, -0.2) is 0 Å². The monoisotopic (exact) mass is 268 g/mol. The van der Waals surface area contributed by atoms with Gasteiger partial charge in [0.15, 0.2) is 0 Å². The van der Waals surface area contributed by atoms with Gasteiger partial charge in [0.1, 0.15) is 0 Å².